The van der Waals surface area contributed by atoms with Crippen LogP contribution in [0.2, 0.25) is 0 Å². The van der Waals surface area contributed by atoms with Crippen molar-refractivity contribution in [3.05, 3.63) is 22.4 Å². The third kappa shape index (κ3) is 8.07. The third-order valence-corrected chi connectivity index (χ3v) is 4.29. The van der Waals surface area contributed by atoms with E-state index in [4.69, 9.17) is 0 Å². The molecule has 0 aliphatic rings. The molecule has 0 fully saturated rings. The fraction of sp³-hybridized carbons (Fsp3) is 0.688. The van der Waals surface area contributed by atoms with Crippen molar-refractivity contribution in [2.45, 2.75) is 46.2 Å². The molecule has 21 heavy (non-hydrogen) atoms. The van der Waals surface area contributed by atoms with E-state index in [0.717, 1.165) is 32.1 Å². The van der Waals surface area contributed by atoms with Crippen molar-refractivity contribution in [2.75, 3.05) is 26.7 Å². The SMILES string of the molecule is CCNC(=NCc1cccs1)NCCCCN(C)C(C)C. The molecule has 0 aliphatic heterocycles. The maximum Gasteiger partial charge on any atom is 0.191 e. The highest BCUT2D eigenvalue weighted by Gasteiger charge is 2.02. The fourth-order valence-corrected chi connectivity index (χ4v) is 2.48. The average molecular weight is 311 g/mol. The molecular formula is C16H30N4S. The van der Waals surface area contributed by atoms with Gasteiger partial charge in [0.2, 0.25) is 0 Å². The minimum atomic E-state index is 0.627. The molecule has 2 N–H and O–H groups in total. The Morgan fingerprint density at radius 2 is 2.14 bits per heavy atom. The molecule has 0 radical (unpaired) electrons. The molecule has 0 aliphatic carbocycles. The van der Waals surface area contributed by atoms with Gasteiger partial charge >= 0.3 is 0 Å². The molecule has 0 saturated heterocycles. The lowest BCUT2D eigenvalue weighted by Crippen LogP contribution is -2.38. The summed E-state index contributed by atoms with van der Waals surface area (Å²) < 4.78 is 0. The topological polar surface area (TPSA) is 39.7 Å². The number of thiophene rings is 1. The van der Waals surface area contributed by atoms with Crippen LogP contribution in [0, 0.1) is 0 Å². The van der Waals surface area contributed by atoms with Crippen LogP contribution >= 0.6 is 11.3 Å². The van der Waals surface area contributed by atoms with Crippen molar-refractivity contribution >= 4 is 17.3 Å². The van der Waals surface area contributed by atoms with E-state index < -0.39 is 0 Å². The molecular weight excluding hydrogens is 280 g/mol. The zero-order valence-electron chi connectivity index (χ0n) is 13.9. The van der Waals surface area contributed by atoms with Gasteiger partial charge in [-0.15, -0.1) is 11.3 Å². The van der Waals surface area contributed by atoms with Crippen molar-refractivity contribution in [1.29, 1.82) is 0 Å². The second kappa shape index (κ2) is 10.6. The lowest BCUT2D eigenvalue weighted by atomic mass is 10.2. The highest BCUT2D eigenvalue weighted by molar-refractivity contribution is 7.09. The van der Waals surface area contributed by atoms with Crippen molar-refractivity contribution < 1.29 is 0 Å². The molecule has 0 saturated carbocycles. The summed E-state index contributed by atoms with van der Waals surface area (Å²) in [6.07, 6.45) is 2.38. The summed E-state index contributed by atoms with van der Waals surface area (Å²) in [5.41, 5.74) is 0. The van der Waals surface area contributed by atoms with E-state index in [2.05, 4.69) is 65.9 Å². The number of rotatable bonds is 9. The van der Waals surface area contributed by atoms with Gasteiger partial charge < -0.3 is 15.5 Å². The van der Waals surface area contributed by atoms with Crippen LogP contribution < -0.4 is 10.6 Å². The predicted octanol–water partition coefficient (Wildman–Crippen LogP) is 2.92. The lowest BCUT2D eigenvalue weighted by molar-refractivity contribution is 0.268. The molecule has 0 bridgehead atoms. The molecule has 1 heterocycles. The van der Waals surface area contributed by atoms with E-state index in [0.29, 0.717) is 6.04 Å². The number of nitrogens with one attached hydrogen (secondary N) is 2. The third-order valence-electron chi connectivity index (χ3n) is 3.43. The van der Waals surface area contributed by atoms with Gasteiger partial charge in [-0.25, -0.2) is 4.99 Å². The average Bonchev–Trinajstić information content (AvgIpc) is 2.97. The number of aliphatic imine (C=N–C) groups is 1. The van der Waals surface area contributed by atoms with Gasteiger partial charge in [-0.1, -0.05) is 6.07 Å². The van der Waals surface area contributed by atoms with Gasteiger partial charge in [0.05, 0.1) is 6.54 Å². The molecule has 4 nitrogen and oxygen atoms in total. The minimum absolute atomic E-state index is 0.627. The first-order chi connectivity index (χ1) is 10.1. The maximum absolute atomic E-state index is 4.61. The van der Waals surface area contributed by atoms with Crippen LogP contribution in [0.15, 0.2) is 22.5 Å². The van der Waals surface area contributed by atoms with Crippen LogP contribution in [0.4, 0.5) is 0 Å². The number of unbranched alkanes of at least 4 members (excludes halogenated alkanes) is 1. The summed E-state index contributed by atoms with van der Waals surface area (Å²) in [5.74, 6) is 0.920. The van der Waals surface area contributed by atoms with Crippen LogP contribution in [-0.2, 0) is 6.54 Å². The van der Waals surface area contributed by atoms with Gasteiger partial charge in [-0.05, 0) is 58.7 Å². The largest absolute Gasteiger partial charge is 0.357 e. The Balaban J connectivity index is 2.23. The smallest absolute Gasteiger partial charge is 0.191 e. The minimum Gasteiger partial charge on any atom is -0.357 e. The number of hydrogen-bond acceptors (Lipinski definition) is 3. The molecule has 5 heteroatoms. The first kappa shape index (κ1) is 18.0. The molecule has 0 unspecified atom stereocenters. The number of guanidine groups is 1. The standard InChI is InChI=1S/C16H30N4S/c1-5-17-16(19-13-15-9-8-12-21-15)18-10-6-7-11-20(4)14(2)3/h8-9,12,14H,5-7,10-11,13H2,1-4H3,(H2,17,18,19). The van der Waals surface area contributed by atoms with E-state index >= 15 is 0 Å². The lowest BCUT2D eigenvalue weighted by Gasteiger charge is -2.20. The van der Waals surface area contributed by atoms with E-state index in [-0.39, 0.29) is 0 Å². The highest BCUT2D eigenvalue weighted by atomic mass is 32.1. The summed E-state index contributed by atoms with van der Waals surface area (Å²) in [7, 11) is 2.19. The van der Waals surface area contributed by atoms with E-state index in [1.165, 1.54) is 17.7 Å². The van der Waals surface area contributed by atoms with E-state index in [1.807, 2.05) is 0 Å². The molecule has 1 rings (SSSR count). The van der Waals surface area contributed by atoms with Crippen LogP contribution in [0.25, 0.3) is 0 Å². The molecule has 120 valence electrons. The van der Waals surface area contributed by atoms with Gasteiger partial charge in [0, 0.05) is 24.0 Å². The molecule has 1 aromatic heterocycles. The molecule has 0 amide bonds. The Kier molecular flexibility index (Phi) is 9.10. The Labute approximate surface area is 133 Å². The van der Waals surface area contributed by atoms with E-state index in [1.54, 1.807) is 11.3 Å². The summed E-state index contributed by atoms with van der Waals surface area (Å²) >= 11 is 1.75. The van der Waals surface area contributed by atoms with Crippen LogP contribution in [0.5, 0.6) is 0 Å². The Hall–Kier alpha value is -1.07. The van der Waals surface area contributed by atoms with Crippen LogP contribution in [0.1, 0.15) is 38.5 Å². The second-order valence-electron chi connectivity index (χ2n) is 5.48. The van der Waals surface area contributed by atoms with Crippen LogP contribution in [-0.4, -0.2) is 43.6 Å². The summed E-state index contributed by atoms with van der Waals surface area (Å²) in [6.45, 7) is 10.3. The normalized spacial score (nSPS) is 12.2. The first-order valence-electron chi connectivity index (χ1n) is 7.88. The first-order valence-corrected chi connectivity index (χ1v) is 8.76. The van der Waals surface area contributed by atoms with Gasteiger partial charge in [0.1, 0.15) is 0 Å². The Bertz CT molecular complexity index is 387. The van der Waals surface area contributed by atoms with Gasteiger partial charge in [-0.3, -0.25) is 0 Å². The fourth-order valence-electron chi connectivity index (χ4n) is 1.85. The van der Waals surface area contributed by atoms with Gasteiger partial charge in [0.25, 0.3) is 0 Å². The van der Waals surface area contributed by atoms with Gasteiger partial charge in [-0.2, -0.15) is 0 Å². The molecule has 0 spiro atoms. The van der Waals surface area contributed by atoms with Crippen molar-refractivity contribution in [2.24, 2.45) is 4.99 Å². The highest BCUT2D eigenvalue weighted by Crippen LogP contribution is 2.09. The molecule has 0 aromatic carbocycles. The molecule has 0 atom stereocenters. The maximum atomic E-state index is 4.61. The van der Waals surface area contributed by atoms with Crippen molar-refractivity contribution in [3.63, 3.8) is 0 Å². The summed E-state index contributed by atoms with van der Waals surface area (Å²) in [5, 5.41) is 8.80. The van der Waals surface area contributed by atoms with E-state index in [9.17, 15) is 0 Å². The Morgan fingerprint density at radius 3 is 2.76 bits per heavy atom. The second-order valence-corrected chi connectivity index (χ2v) is 6.52. The van der Waals surface area contributed by atoms with Crippen molar-refractivity contribution in [1.82, 2.24) is 15.5 Å². The Morgan fingerprint density at radius 1 is 1.33 bits per heavy atom. The monoisotopic (exact) mass is 310 g/mol. The zero-order chi connectivity index (χ0) is 15.5. The van der Waals surface area contributed by atoms with Crippen molar-refractivity contribution in [3.8, 4) is 0 Å². The summed E-state index contributed by atoms with van der Waals surface area (Å²) in [6, 6.07) is 4.82. The predicted molar refractivity (Wildman–Crippen MR) is 94.1 cm³/mol. The number of hydrogen-bond donors (Lipinski definition) is 2. The quantitative estimate of drug-likeness (QED) is 0.418. The van der Waals surface area contributed by atoms with Crippen LogP contribution in [0.3, 0.4) is 0 Å². The summed E-state index contributed by atoms with van der Waals surface area (Å²) in [4.78, 5) is 8.29. The number of nitrogens with zero attached hydrogens (tertiary/aromatic N) is 2. The van der Waals surface area contributed by atoms with Gasteiger partial charge in [0.15, 0.2) is 5.96 Å². The zero-order valence-corrected chi connectivity index (χ0v) is 14.7. The molecule has 1 aromatic rings.